The lowest BCUT2D eigenvalue weighted by Crippen LogP contribution is -2.52. The quantitative estimate of drug-likeness (QED) is 0.735. The van der Waals surface area contributed by atoms with Crippen LogP contribution >= 0.6 is 0 Å². The van der Waals surface area contributed by atoms with Crippen LogP contribution in [0.2, 0.25) is 0 Å². The van der Waals surface area contributed by atoms with Crippen molar-refractivity contribution < 1.29 is 23.2 Å². The minimum Gasteiger partial charge on any atom is -0.326 e. The Morgan fingerprint density at radius 3 is 2.75 bits per heavy atom. The molecule has 3 aliphatic rings. The van der Waals surface area contributed by atoms with Crippen molar-refractivity contribution in [3.05, 3.63) is 34.9 Å². The lowest BCUT2D eigenvalue weighted by molar-refractivity contribution is -0.136. The number of fused-ring (bicyclic) bond motifs is 1. The van der Waals surface area contributed by atoms with Gasteiger partial charge in [0.15, 0.2) is 0 Å². The van der Waals surface area contributed by atoms with Crippen molar-refractivity contribution in [3.63, 3.8) is 0 Å². The van der Waals surface area contributed by atoms with Gasteiger partial charge >= 0.3 is 0 Å². The van der Waals surface area contributed by atoms with Gasteiger partial charge in [-0.25, -0.2) is 8.78 Å². The number of piperidine rings is 2. The number of nitrogens with one attached hydrogen (secondary N) is 1. The molecule has 0 aliphatic carbocycles. The number of alkyl halides is 2. The van der Waals surface area contributed by atoms with Gasteiger partial charge in [0.25, 0.3) is 11.8 Å². The van der Waals surface area contributed by atoms with Crippen LogP contribution in [-0.2, 0) is 22.7 Å². The van der Waals surface area contributed by atoms with Crippen LogP contribution in [0.5, 0.6) is 0 Å². The predicted molar refractivity (Wildman–Crippen MR) is 95.3 cm³/mol. The highest BCUT2D eigenvalue weighted by Gasteiger charge is 2.42. The van der Waals surface area contributed by atoms with E-state index in [9.17, 15) is 23.2 Å². The third kappa shape index (κ3) is 3.51. The number of hydrogen-bond acceptors (Lipinski definition) is 5. The van der Waals surface area contributed by atoms with Crippen LogP contribution in [0.3, 0.4) is 0 Å². The number of amides is 3. The summed E-state index contributed by atoms with van der Waals surface area (Å²) in [6.45, 7) is 0.408. The second kappa shape index (κ2) is 6.89. The molecule has 1 aromatic carbocycles. The molecule has 0 spiro atoms. The molecule has 3 heterocycles. The van der Waals surface area contributed by atoms with Crippen LogP contribution < -0.4 is 11.1 Å². The second-order valence-electron chi connectivity index (χ2n) is 7.84. The average molecular weight is 392 g/mol. The average Bonchev–Trinajstić information content (AvgIpc) is 2.91. The first-order chi connectivity index (χ1) is 13.2. The first kappa shape index (κ1) is 18.9. The Bertz CT molecular complexity index is 844. The van der Waals surface area contributed by atoms with Gasteiger partial charge in [-0.05, 0) is 17.5 Å². The maximum absolute atomic E-state index is 13.9. The molecule has 150 valence electrons. The van der Waals surface area contributed by atoms with Crippen molar-refractivity contribution in [2.45, 2.75) is 50.4 Å². The summed E-state index contributed by atoms with van der Waals surface area (Å²) in [5, 5.41) is 2.27. The largest absolute Gasteiger partial charge is 0.326 e. The van der Waals surface area contributed by atoms with E-state index in [0.717, 1.165) is 5.56 Å². The van der Waals surface area contributed by atoms with Crippen LogP contribution in [-0.4, -0.2) is 58.6 Å². The molecule has 2 saturated heterocycles. The van der Waals surface area contributed by atoms with E-state index >= 15 is 0 Å². The van der Waals surface area contributed by atoms with Gasteiger partial charge in [-0.3, -0.25) is 24.6 Å². The number of imide groups is 1. The topological polar surface area (TPSA) is 95.7 Å². The fourth-order valence-corrected chi connectivity index (χ4v) is 4.42. The van der Waals surface area contributed by atoms with E-state index in [1.54, 1.807) is 23.1 Å². The van der Waals surface area contributed by atoms with Gasteiger partial charge < -0.3 is 10.6 Å². The highest BCUT2D eigenvalue weighted by Crippen LogP contribution is 2.32. The van der Waals surface area contributed by atoms with E-state index in [2.05, 4.69) is 5.32 Å². The maximum atomic E-state index is 13.9. The monoisotopic (exact) mass is 392 g/mol. The summed E-state index contributed by atoms with van der Waals surface area (Å²) in [7, 11) is 0. The van der Waals surface area contributed by atoms with Crippen molar-refractivity contribution >= 4 is 17.7 Å². The molecule has 0 bridgehead atoms. The molecule has 3 aliphatic heterocycles. The lowest BCUT2D eigenvalue weighted by atomic mass is 9.99. The molecule has 0 radical (unpaired) electrons. The minimum atomic E-state index is -2.85. The molecule has 0 saturated carbocycles. The molecule has 0 aromatic heterocycles. The first-order valence-electron chi connectivity index (χ1n) is 9.35. The van der Waals surface area contributed by atoms with Gasteiger partial charge in [0, 0.05) is 44.1 Å². The fourth-order valence-electron chi connectivity index (χ4n) is 4.42. The van der Waals surface area contributed by atoms with E-state index in [1.165, 1.54) is 4.90 Å². The Morgan fingerprint density at radius 1 is 1.25 bits per heavy atom. The summed E-state index contributed by atoms with van der Waals surface area (Å²) in [6.07, 6.45) is 0.135. The van der Waals surface area contributed by atoms with Crippen molar-refractivity contribution in [3.8, 4) is 0 Å². The first-order valence-corrected chi connectivity index (χ1v) is 9.35. The van der Waals surface area contributed by atoms with Crippen molar-refractivity contribution in [2.24, 2.45) is 5.73 Å². The molecule has 4 rings (SSSR count). The zero-order valence-corrected chi connectivity index (χ0v) is 15.3. The smallest absolute Gasteiger partial charge is 0.262 e. The van der Waals surface area contributed by atoms with Gasteiger partial charge in [0.1, 0.15) is 6.04 Å². The molecular weight excluding hydrogens is 370 g/mol. The second-order valence-corrected chi connectivity index (χ2v) is 7.84. The van der Waals surface area contributed by atoms with E-state index in [0.29, 0.717) is 17.7 Å². The molecule has 7 nitrogen and oxygen atoms in total. The molecule has 28 heavy (non-hydrogen) atoms. The molecule has 1 unspecified atom stereocenters. The van der Waals surface area contributed by atoms with Crippen LogP contribution in [0.15, 0.2) is 18.2 Å². The number of nitrogens with zero attached hydrogens (tertiary/aromatic N) is 2. The fraction of sp³-hybridized carbons (Fsp3) is 0.526. The zero-order valence-electron chi connectivity index (χ0n) is 15.3. The van der Waals surface area contributed by atoms with E-state index in [1.807, 2.05) is 0 Å². The van der Waals surface area contributed by atoms with Crippen molar-refractivity contribution in [2.75, 3.05) is 13.1 Å². The van der Waals surface area contributed by atoms with Crippen LogP contribution in [0.1, 0.15) is 40.7 Å². The number of nitrogens with two attached hydrogens (primary N) is 1. The van der Waals surface area contributed by atoms with Gasteiger partial charge in [0.05, 0.1) is 6.54 Å². The van der Waals surface area contributed by atoms with Gasteiger partial charge in [-0.2, -0.15) is 0 Å². The molecule has 9 heteroatoms. The van der Waals surface area contributed by atoms with Crippen LogP contribution in [0.4, 0.5) is 8.78 Å². The Kier molecular flexibility index (Phi) is 4.67. The van der Waals surface area contributed by atoms with Crippen LogP contribution in [0.25, 0.3) is 0 Å². The Hall–Kier alpha value is -2.39. The van der Waals surface area contributed by atoms with Crippen LogP contribution in [0, 0.1) is 0 Å². The maximum Gasteiger partial charge on any atom is 0.262 e. The number of benzene rings is 1. The molecule has 3 amide bonds. The summed E-state index contributed by atoms with van der Waals surface area (Å²) >= 11 is 0. The molecular formula is C19H22F2N4O3. The molecule has 3 N–H and O–H groups in total. The SMILES string of the molecule is N[C@@H]1CN(Cc2cccc3c2C(=O)N(C2CCC(=O)NC2=O)C3)CC(F)(F)C1. The van der Waals surface area contributed by atoms with Gasteiger partial charge in [-0.15, -0.1) is 0 Å². The minimum absolute atomic E-state index is 0.185. The number of carbonyl (C=O) groups is 3. The van der Waals surface area contributed by atoms with Gasteiger partial charge in [-0.1, -0.05) is 18.2 Å². The normalized spacial score (nSPS) is 27.7. The van der Waals surface area contributed by atoms with Gasteiger partial charge in [0.2, 0.25) is 11.8 Å². The predicted octanol–water partition coefficient (Wildman–Crippen LogP) is 0.616. The van der Waals surface area contributed by atoms with E-state index in [-0.39, 0.29) is 44.2 Å². The molecule has 2 atom stereocenters. The summed E-state index contributed by atoms with van der Waals surface area (Å²) in [4.78, 5) is 39.6. The summed E-state index contributed by atoms with van der Waals surface area (Å²) in [5.74, 6) is -3.96. The standard InChI is InChI=1S/C19H22F2N4O3/c20-19(21)6-13(22)9-24(10-19)7-11-2-1-3-12-8-25(18(28)16(11)12)14-4-5-15(26)23-17(14)27/h1-3,13-14H,4-10,22H2,(H,23,26,27)/t13-,14?/m0/s1. The Morgan fingerprint density at radius 2 is 2.04 bits per heavy atom. The third-order valence-corrected chi connectivity index (χ3v) is 5.54. The number of halogens is 2. The van der Waals surface area contributed by atoms with E-state index < -0.39 is 30.5 Å². The Labute approximate surface area is 160 Å². The Balaban J connectivity index is 1.55. The highest BCUT2D eigenvalue weighted by atomic mass is 19.3. The highest BCUT2D eigenvalue weighted by molar-refractivity contribution is 6.05. The number of carbonyl (C=O) groups excluding carboxylic acids is 3. The summed E-state index contributed by atoms with van der Waals surface area (Å²) < 4.78 is 27.7. The lowest BCUT2D eigenvalue weighted by Gasteiger charge is -2.36. The van der Waals surface area contributed by atoms with E-state index in [4.69, 9.17) is 5.73 Å². The number of likely N-dealkylation sites (tertiary alicyclic amines) is 1. The van der Waals surface area contributed by atoms with Crippen molar-refractivity contribution in [1.29, 1.82) is 0 Å². The third-order valence-electron chi connectivity index (χ3n) is 5.54. The van der Waals surface area contributed by atoms with Crippen molar-refractivity contribution in [1.82, 2.24) is 15.1 Å². The zero-order chi connectivity index (χ0) is 20.1. The number of rotatable bonds is 3. The summed E-state index contributed by atoms with van der Waals surface area (Å²) in [6, 6.07) is 4.04. The molecule has 1 aromatic rings. The summed E-state index contributed by atoms with van der Waals surface area (Å²) in [5.41, 5.74) is 7.66. The molecule has 2 fully saturated rings. The number of hydrogen-bond donors (Lipinski definition) is 2.